The first kappa shape index (κ1) is 64.6. The first-order valence-corrected chi connectivity index (χ1v) is 35.4. The van der Waals surface area contributed by atoms with Gasteiger partial charge in [-0.15, -0.1) is 0 Å². The highest BCUT2D eigenvalue weighted by Gasteiger charge is 2.43. The van der Waals surface area contributed by atoms with E-state index in [0.29, 0.717) is 64.5 Å². The minimum atomic E-state index is -0.787. The van der Waals surface area contributed by atoms with Gasteiger partial charge in [0, 0.05) is 66.2 Å². The Hall–Kier alpha value is -15.2. The Morgan fingerprint density at radius 3 is 0.560 bits per heavy atom. The molecule has 0 radical (unpaired) electrons. The van der Waals surface area contributed by atoms with Gasteiger partial charge in [-0.2, -0.15) is 15.0 Å². The van der Waals surface area contributed by atoms with Crippen LogP contribution >= 0.6 is 0 Å². The van der Waals surface area contributed by atoms with Crippen molar-refractivity contribution >= 4 is 150 Å². The monoisotopic (exact) mass is 1410 g/mol. The molecule has 0 fully saturated rings. The number of hydrogen-bond donors (Lipinski definition) is 0. The predicted octanol–water partition coefficient (Wildman–Crippen LogP) is 20.3. The van der Waals surface area contributed by atoms with Crippen LogP contribution in [0, 0.1) is 0 Å². The van der Waals surface area contributed by atoms with Crippen LogP contribution in [0.1, 0.15) is 62.1 Å². The summed E-state index contributed by atoms with van der Waals surface area (Å²) in [7, 11) is 0. The molecule has 5 heterocycles. The van der Waals surface area contributed by atoms with Crippen LogP contribution < -0.4 is 14.7 Å². The Bertz CT molecular complexity index is 6080. The summed E-state index contributed by atoms with van der Waals surface area (Å²) in [5.41, 5.74) is 4.04. The molecule has 17 aromatic carbocycles. The smallest absolute Gasteiger partial charge is 0.268 e. The van der Waals surface area contributed by atoms with Crippen molar-refractivity contribution in [3.63, 3.8) is 0 Å². The summed E-state index contributed by atoms with van der Waals surface area (Å²) in [6.07, 6.45) is 0. The summed E-state index contributed by atoms with van der Waals surface area (Å²) in [6.45, 7) is 0. The van der Waals surface area contributed by atoms with Crippen LogP contribution in [-0.2, 0) is 0 Å². The highest BCUT2D eigenvalue weighted by Crippen LogP contribution is 2.41. The van der Waals surface area contributed by atoms with E-state index in [1.807, 2.05) is 91.0 Å². The van der Waals surface area contributed by atoms with Gasteiger partial charge in [-0.3, -0.25) is 28.8 Å². The molecule has 0 saturated heterocycles. The van der Waals surface area contributed by atoms with E-state index in [-0.39, 0.29) is 33.4 Å². The first-order valence-electron chi connectivity index (χ1n) is 35.4. The molecular formula is C94H55N9O6. The molecule has 0 N–H and O–H groups in total. The maximum absolute atomic E-state index is 14.1. The summed E-state index contributed by atoms with van der Waals surface area (Å²) in [4.78, 5) is 114. The highest BCUT2D eigenvalue weighted by atomic mass is 16.2. The fourth-order valence-electron chi connectivity index (χ4n) is 15.3. The SMILES string of the molecule is O=C1c2cccc3cccc(c23)C(=O)N1c1nc(N2C(=O)c3cccc4cccc(c34)C2=O)nc(N2C(=O)c3cccc4cccc(c34)C2=O)n1.c1cc2ccc3cccc4ccc(c1)c2c34.c1ccc(-c2nc(-c3ccccc3)nc(-c3ccccc3)n2)cc1.c1ccc2c(c1)c1ccccc1c1ccccc21. The number of anilines is 3. The lowest BCUT2D eigenvalue weighted by Crippen LogP contribution is -2.46. The van der Waals surface area contributed by atoms with Crippen LogP contribution in [0.4, 0.5) is 17.8 Å². The number of benzene rings is 17. The molecular weight excluding hydrogens is 1350 g/mol. The molecule has 3 aliphatic rings. The zero-order valence-electron chi connectivity index (χ0n) is 57.7. The van der Waals surface area contributed by atoms with E-state index >= 15 is 0 Å². The average molecular weight is 1410 g/mol. The molecule has 15 nitrogen and oxygen atoms in total. The van der Waals surface area contributed by atoms with Gasteiger partial charge in [0.15, 0.2) is 17.5 Å². The minimum absolute atomic E-state index is 0.183. The fourth-order valence-corrected chi connectivity index (χ4v) is 15.3. The van der Waals surface area contributed by atoms with Gasteiger partial charge in [-0.05, 0) is 117 Å². The molecule has 2 aromatic heterocycles. The lowest BCUT2D eigenvalue weighted by Gasteiger charge is -2.30. The van der Waals surface area contributed by atoms with E-state index in [1.54, 1.807) is 109 Å². The van der Waals surface area contributed by atoms with Crippen molar-refractivity contribution < 1.29 is 28.8 Å². The molecule has 0 aliphatic carbocycles. The zero-order chi connectivity index (χ0) is 73.4. The van der Waals surface area contributed by atoms with E-state index in [2.05, 4.69) is 163 Å². The highest BCUT2D eigenvalue weighted by molar-refractivity contribution is 6.39. The average Bonchev–Trinajstić information content (AvgIpc) is 0.732. The summed E-state index contributed by atoms with van der Waals surface area (Å²) in [5.74, 6) is -4.44. The minimum Gasteiger partial charge on any atom is -0.268 e. The molecule has 0 unspecified atom stereocenters. The number of aromatic nitrogens is 6. The second-order valence-electron chi connectivity index (χ2n) is 26.5. The summed E-state index contributed by atoms with van der Waals surface area (Å²) in [5, 5.41) is 19.5. The van der Waals surface area contributed by atoms with E-state index in [1.165, 1.54) is 64.6 Å². The van der Waals surface area contributed by atoms with Crippen molar-refractivity contribution in [2.24, 2.45) is 0 Å². The third-order valence-corrected chi connectivity index (χ3v) is 20.3. The molecule has 6 amide bonds. The van der Waals surface area contributed by atoms with Crippen LogP contribution in [0.3, 0.4) is 0 Å². The lowest BCUT2D eigenvalue weighted by molar-refractivity contribution is 0.0879. The fraction of sp³-hybridized carbons (Fsp3) is 0. The first-order chi connectivity index (χ1) is 53.6. The Labute approximate surface area is 621 Å². The Morgan fingerprint density at radius 1 is 0.165 bits per heavy atom. The van der Waals surface area contributed by atoms with E-state index in [4.69, 9.17) is 0 Å². The van der Waals surface area contributed by atoms with Gasteiger partial charge < -0.3 is 0 Å². The number of carbonyl (C=O) groups excluding carboxylic acids is 6. The topological polar surface area (TPSA) is 189 Å². The van der Waals surface area contributed by atoms with Gasteiger partial charge in [-0.1, -0.05) is 297 Å². The van der Waals surface area contributed by atoms with Crippen molar-refractivity contribution in [3.05, 3.63) is 367 Å². The van der Waals surface area contributed by atoms with Crippen LogP contribution in [0.25, 0.3) is 131 Å². The van der Waals surface area contributed by atoms with Gasteiger partial charge in [0.2, 0.25) is 17.8 Å². The second kappa shape index (κ2) is 26.5. The molecule has 0 bridgehead atoms. The molecule has 109 heavy (non-hydrogen) atoms. The van der Waals surface area contributed by atoms with Gasteiger partial charge in [-0.25, -0.2) is 29.7 Å². The normalized spacial score (nSPS) is 13.0. The quantitative estimate of drug-likeness (QED) is 0.113. The number of fused-ring (bicyclic) bond motifs is 6. The van der Waals surface area contributed by atoms with Crippen molar-refractivity contribution in [2.45, 2.75) is 0 Å². The van der Waals surface area contributed by atoms with Gasteiger partial charge >= 0.3 is 0 Å². The predicted molar refractivity (Wildman–Crippen MR) is 430 cm³/mol. The summed E-state index contributed by atoms with van der Waals surface area (Å²) < 4.78 is 0. The molecule has 15 heteroatoms. The second-order valence-corrected chi connectivity index (χ2v) is 26.5. The molecule has 0 spiro atoms. The zero-order valence-corrected chi connectivity index (χ0v) is 57.7. The number of amides is 6. The summed E-state index contributed by atoms with van der Waals surface area (Å²) in [6, 6.07) is 108. The van der Waals surface area contributed by atoms with Gasteiger partial charge in [0.05, 0.1) is 0 Å². The Kier molecular flexibility index (Phi) is 15.7. The third kappa shape index (κ3) is 11.0. The molecule has 0 saturated carbocycles. The Morgan fingerprint density at radius 2 is 0.349 bits per heavy atom. The van der Waals surface area contributed by atoms with Crippen molar-refractivity contribution in [1.82, 2.24) is 29.9 Å². The number of nitrogens with zero attached hydrogens (tertiary/aromatic N) is 9. The number of imide groups is 3. The van der Waals surface area contributed by atoms with E-state index in [9.17, 15) is 28.8 Å². The van der Waals surface area contributed by atoms with Crippen molar-refractivity contribution in [3.8, 4) is 34.2 Å². The van der Waals surface area contributed by atoms with E-state index in [0.717, 1.165) is 16.7 Å². The number of carbonyl (C=O) groups is 6. The van der Waals surface area contributed by atoms with Crippen LogP contribution in [0.5, 0.6) is 0 Å². The van der Waals surface area contributed by atoms with Crippen LogP contribution in [-0.4, -0.2) is 65.3 Å². The maximum Gasteiger partial charge on any atom is 0.268 e. The number of hydrogen-bond acceptors (Lipinski definition) is 12. The van der Waals surface area contributed by atoms with Crippen LogP contribution in [0.15, 0.2) is 334 Å². The molecule has 0 atom stereocenters. The van der Waals surface area contributed by atoms with Crippen molar-refractivity contribution in [1.29, 1.82) is 0 Å². The maximum atomic E-state index is 14.1. The van der Waals surface area contributed by atoms with Crippen LogP contribution in [0.2, 0.25) is 0 Å². The Balaban J connectivity index is 0.000000113. The summed E-state index contributed by atoms with van der Waals surface area (Å²) >= 11 is 0. The van der Waals surface area contributed by atoms with E-state index < -0.39 is 53.3 Å². The van der Waals surface area contributed by atoms with Gasteiger partial charge in [0.25, 0.3) is 35.4 Å². The van der Waals surface area contributed by atoms with Crippen molar-refractivity contribution in [2.75, 3.05) is 14.7 Å². The lowest BCUT2D eigenvalue weighted by atomic mass is 9.94. The molecule has 512 valence electrons. The molecule has 22 rings (SSSR count). The third-order valence-electron chi connectivity index (χ3n) is 20.3. The molecule has 19 aromatic rings. The number of rotatable bonds is 6. The largest absolute Gasteiger partial charge is 0.268 e. The molecule has 3 aliphatic heterocycles. The van der Waals surface area contributed by atoms with Gasteiger partial charge in [0.1, 0.15) is 0 Å². The standard InChI is InChI=1S/C39H18N6O6.C21H15N3.C18H12.C16H10/c46-31-22-13-1-7-19-8-2-14-23(28(19)22)32(47)43(31)37-40-38(44-33(48)24-15-3-9-20-10-4-16-25(29(20)24)34(44)49)42-39(41-37)45-35(50)26-17-5-11-21-12-6-18-27(30(21)26)36(45)51;1-4-10-16(11-5-1)19-22-20(17-12-6-2-7-13-17)24-21(23-19)18-14-8-3-9-15-18;1-2-8-14-13(7-1)15-9-3-4-11-17(15)18-12-6-5-10-16(14)18;1-3-11-7-9-13-5-2-6-14-10-8-12(4-1)15(11)16(13)14/h1-18H;1-15H;1-12H;1-10H.